The van der Waals surface area contributed by atoms with Crippen LogP contribution in [-0.2, 0) is 6.42 Å². The van der Waals surface area contributed by atoms with Gasteiger partial charge in [-0.15, -0.1) is 0 Å². The molecule has 2 aromatic heterocycles. The number of carboxylic acids is 1. The fraction of sp³-hybridized carbons (Fsp3) is 0.0769. The summed E-state index contributed by atoms with van der Waals surface area (Å²) in [6.07, 6.45) is 1.93. The monoisotopic (exact) mass is 289 g/mol. The van der Waals surface area contributed by atoms with Crippen LogP contribution in [0.2, 0.25) is 5.02 Å². The maximum atomic E-state index is 10.7. The highest BCUT2D eigenvalue weighted by Gasteiger charge is 2.13. The number of carboxylic acid groups (broad SMARTS) is 1. The summed E-state index contributed by atoms with van der Waals surface area (Å²) in [6.45, 7) is 0. The van der Waals surface area contributed by atoms with Gasteiger partial charge in [0.25, 0.3) is 5.82 Å². The number of carbonyl (C=O) groups is 1. The number of aromatic nitrogens is 3. The number of aromatic carboxylic acids is 1. The fourth-order valence-electron chi connectivity index (χ4n) is 1.85. The molecule has 0 bridgehead atoms. The van der Waals surface area contributed by atoms with E-state index in [4.69, 9.17) is 21.2 Å². The number of halogens is 1. The SMILES string of the molecule is O=C(O)c1noc(Cc2ccc3ncc(Cl)cc3c2)n1. The van der Waals surface area contributed by atoms with Crippen molar-refractivity contribution in [1.29, 1.82) is 0 Å². The first-order valence-electron chi connectivity index (χ1n) is 5.72. The van der Waals surface area contributed by atoms with Crippen molar-refractivity contribution in [2.45, 2.75) is 6.42 Å². The number of hydrogen-bond acceptors (Lipinski definition) is 5. The lowest BCUT2D eigenvalue weighted by Crippen LogP contribution is -1.99. The highest BCUT2D eigenvalue weighted by Crippen LogP contribution is 2.19. The first-order chi connectivity index (χ1) is 9.61. The van der Waals surface area contributed by atoms with Crippen LogP contribution in [0.4, 0.5) is 0 Å². The summed E-state index contributed by atoms with van der Waals surface area (Å²) in [5.74, 6) is -1.31. The van der Waals surface area contributed by atoms with Crippen molar-refractivity contribution in [3.05, 3.63) is 52.8 Å². The van der Waals surface area contributed by atoms with E-state index in [0.29, 0.717) is 11.4 Å². The first-order valence-corrected chi connectivity index (χ1v) is 6.10. The molecule has 6 nitrogen and oxygen atoms in total. The van der Waals surface area contributed by atoms with E-state index in [1.807, 2.05) is 24.3 Å². The Kier molecular flexibility index (Phi) is 3.08. The Morgan fingerprint density at radius 3 is 2.95 bits per heavy atom. The lowest BCUT2D eigenvalue weighted by molar-refractivity contribution is 0.0680. The lowest BCUT2D eigenvalue weighted by Gasteiger charge is -2.01. The van der Waals surface area contributed by atoms with E-state index in [2.05, 4.69) is 15.1 Å². The van der Waals surface area contributed by atoms with Gasteiger partial charge in [0.05, 0.1) is 17.0 Å². The quantitative estimate of drug-likeness (QED) is 0.797. The van der Waals surface area contributed by atoms with Crippen LogP contribution in [0.3, 0.4) is 0 Å². The van der Waals surface area contributed by atoms with Gasteiger partial charge in [-0.3, -0.25) is 4.98 Å². The van der Waals surface area contributed by atoms with Gasteiger partial charge in [-0.05, 0) is 28.9 Å². The minimum Gasteiger partial charge on any atom is -0.475 e. The second kappa shape index (κ2) is 4.90. The van der Waals surface area contributed by atoms with Crippen LogP contribution in [0.5, 0.6) is 0 Å². The Balaban J connectivity index is 1.91. The van der Waals surface area contributed by atoms with E-state index in [1.54, 1.807) is 6.20 Å². The maximum absolute atomic E-state index is 10.7. The molecule has 3 rings (SSSR count). The van der Waals surface area contributed by atoms with Crippen LogP contribution in [0.25, 0.3) is 10.9 Å². The second-order valence-corrected chi connectivity index (χ2v) is 4.61. The van der Waals surface area contributed by atoms with E-state index in [9.17, 15) is 4.79 Å². The van der Waals surface area contributed by atoms with Crippen LogP contribution < -0.4 is 0 Å². The average molecular weight is 290 g/mol. The molecular weight excluding hydrogens is 282 g/mol. The van der Waals surface area contributed by atoms with Crippen molar-refractivity contribution >= 4 is 28.5 Å². The van der Waals surface area contributed by atoms with Crippen LogP contribution in [0.15, 0.2) is 35.0 Å². The van der Waals surface area contributed by atoms with Gasteiger partial charge in [0.2, 0.25) is 5.89 Å². The third-order valence-electron chi connectivity index (χ3n) is 2.73. The fourth-order valence-corrected chi connectivity index (χ4v) is 2.02. The molecule has 7 heteroatoms. The Hall–Kier alpha value is -2.47. The number of benzene rings is 1. The van der Waals surface area contributed by atoms with E-state index in [1.165, 1.54) is 0 Å². The average Bonchev–Trinajstić information content (AvgIpc) is 2.87. The predicted molar refractivity (Wildman–Crippen MR) is 70.8 cm³/mol. The van der Waals surface area contributed by atoms with Gasteiger partial charge in [-0.1, -0.05) is 17.7 Å². The van der Waals surface area contributed by atoms with Crippen molar-refractivity contribution in [3.8, 4) is 0 Å². The molecule has 0 radical (unpaired) electrons. The van der Waals surface area contributed by atoms with Gasteiger partial charge >= 0.3 is 5.97 Å². The van der Waals surface area contributed by atoms with E-state index in [0.717, 1.165) is 16.5 Å². The molecule has 100 valence electrons. The molecule has 2 heterocycles. The molecule has 0 aliphatic rings. The minimum absolute atomic E-state index is 0.247. The summed E-state index contributed by atoms with van der Waals surface area (Å²) in [5.41, 5.74) is 1.73. The molecule has 3 aromatic rings. The van der Waals surface area contributed by atoms with Crippen LogP contribution in [0.1, 0.15) is 22.1 Å². The molecule has 0 amide bonds. The zero-order chi connectivity index (χ0) is 14.1. The number of pyridine rings is 1. The Morgan fingerprint density at radius 2 is 2.20 bits per heavy atom. The lowest BCUT2D eigenvalue weighted by atomic mass is 10.1. The molecule has 0 aliphatic heterocycles. The molecule has 1 N–H and O–H groups in total. The van der Waals surface area contributed by atoms with Gasteiger partial charge in [0.15, 0.2) is 0 Å². The summed E-state index contributed by atoms with van der Waals surface area (Å²) in [4.78, 5) is 18.6. The van der Waals surface area contributed by atoms with Gasteiger partial charge in [-0.2, -0.15) is 4.98 Å². The van der Waals surface area contributed by atoms with E-state index < -0.39 is 5.97 Å². The highest BCUT2D eigenvalue weighted by molar-refractivity contribution is 6.31. The third-order valence-corrected chi connectivity index (χ3v) is 2.93. The van der Waals surface area contributed by atoms with Crippen molar-refractivity contribution in [1.82, 2.24) is 15.1 Å². The summed E-state index contributed by atoms with van der Waals surface area (Å²) in [5, 5.41) is 13.5. The summed E-state index contributed by atoms with van der Waals surface area (Å²) >= 11 is 5.90. The Bertz CT molecular complexity index is 800. The molecule has 1 aromatic carbocycles. The third kappa shape index (κ3) is 2.46. The molecule has 0 atom stereocenters. The van der Waals surface area contributed by atoms with Crippen molar-refractivity contribution < 1.29 is 14.4 Å². The van der Waals surface area contributed by atoms with Crippen LogP contribution in [0, 0.1) is 0 Å². The summed E-state index contributed by atoms with van der Waals surface area (Å²) in [7, 11) is 0. The largest absolute Gasteiger partial charge is 0.475 e. The normalized spacial score (nSPS) is 10.8. The molecular formula is C13H8ClN3O3. The van der Waals surface area contributed by atoms with Gasteiger partial charge in [0, 0.05) is 11.6 Å². The van der Waals surface area contributed by atoms with Gasteiger partial charge in [0.1, 0.15) is 0 Å². The number of nitrogens with zero attached hydrogens (tertiary/aromatic N) is 3. The predicted octanol–water partition coefficient (Wildman–Crippen LogP) is 2.56. The standard InChI is InChI=1S/C13H8ClN3O3/c14-9-5-8-3-7(1-2-10(8)15-6-9)4-11-16-12(13(18)19)17-20-11/h1-3,5-6H,4H2,(H,18,19). The molecule has 0 saturated carbocycles. The zero-order valence-corrected chi connectivity index (χ0v) is 10.8. The van der Waals surface area contributed by atoms with Crippen LogP contribution >= 0.6 is 11.6 Å². The molecule has 0 fully saturated rings. The van der Waals surface area contributed by atoms with Crippen molar-refractivity contribution in [3.63, 3.8) is 0 Å². The van der Waals surface area contributed by atoms with Crippen LogP contribution in [-0.4, -0.2) is 26.2 Å². The van der Waals surface area contributed by atoms with E-state index in [-0.39, 0.29) is 11.7 Å². The minimum atomic E-state index is -1.21. The topological polar surface area (TPSA) is 89.1 Å². The highest BCUT2D eigenvalue weighted by atomic mass is 35.5. The number of hydrogen-bond donors (Lipinski definition) is 1. The van der Waals surface area contributed by atoms with Gasteiger partial charge < -0.3 is 9.63 Å². The molecule has 20 heavy (non-hydrogen) atoms. The number of rotatable bonds is 3. The van der Waals surface area contributed by atoms with Crippen molar-refractivity contribution in [2.24, 2.45) is 0 Å². The molecule has 0 unspecified atom stereocenters. The summed E-state index contributed by atoms with van der Waals surface area (Å²) < 4.78 is 4.88. The van der Waals surface area contributed by atoms with Gasteiger partial charge in [-0.25, -0.2) is 4.79 Å². The molecule has 0 saturated heterocycles. The van der Waals surface area contributed by atoms with Crippen molar-refractivity contribution in [2.75, 3.05) is 0 Å². The zero-order valence-electron chi connectivity index (χ0n) is 10.1. The maximum Gasteiger partial charge on any atom is 0.377 e. The number of fused-ring (bicyclic) bond motifs is 1. The Morgan fingerprint density at radius 1 is 1.35 bits per heavy atom. The summed E-state index contributed by atoms with van der Waals surface area (Å²) in [6, 6.07) is 7.44. The Labute approximate surface area is 118 Å². The van der Waals surface area contributed by atoms with E-state index >= 15 is 0 Å². The smallest absolute Gasteiger partial charge is 0.377 e. The molecule has 0 aliphatic carbocycles. The second-order valence-electron chi connectivity index (χ2n) is 4.17. The molecule has 0 spiro atoms. The first kappa shape index (κ1) is 12.6.